The highest BCUT2D eigenvalue weighted by molar-refractivity contribution is 5.89. The highest BCUT2D eigenvalue weighted by Crippen LogP contribution is 2.19. The van der Waals surface area contributed by atoms with E-state index in [2.05, 4.69) is 5.32 Å². The van der Waals surface area contributed by atoms with E-state index in [1.54, 1.807) is 24.3 Å². The average molecular weight is 355 g/mol. The minimum atomic E-state index is -0.381. The van der Waals surface area contributed by atoms with Crippen LogP contribution in [-0.2, 0) is 20.9 Å². The Balaban J connectivity index is 1.50. The van der Waals surface area contributed by atoms with Crippen molar-refractivity contribution in [2.75, 3.05) is 13.7 Å². The molecule has 1 fully saturated rings. The maximum absolute atomic E-state index is 12.1. The van der Waals surface area contributed by atoms with Crippen molar-refractivity contribution in [1.29, 1.82) is 0 Å². The summed E-state index contributed by atoms with van der Waals surface area (Å²) in [5.41, 5.74) is 1.40. The Hall–Kier alpha value is -2.86. The topological polar surface area (TPSA) is 73.9 Å². The third-order valence-electron chi connectivity index (χ3n) is 4.18. The number of carbonyl (C=O) groups excluding carboxylic acids is 2. The number of ether oxygens (including phenoxy) is 3. The zero-order valence-electron chi connectivity index (χ0n) is 14.5. The van der Waals surface area contributed by atoms with Crippen molar-refractivity contribution in [3.8, 4) is 5.75 Å². The smallest absolute Gasteiger partial charge is 0.338 e. The quantitative estimate of drug-likeness (QED) is 0.802. The summed E-state index contributed by atoms with van der Waals surface area (Å²) in [4.78, 5) is 23.6. The van der Waals surface area contributed by atoms with E-state index in [-0.39, 0.29) is 30.7 Å². The molecule has 3 rings (SSSR count). The van der Waals surface area contributed by atoms with Crippen LogP contribution in [0.5, 0.6) is 5.75 Å². The second-order valence-corrected chi connectivity index (χ2v) is 6.05. The van der Waals surface area contributed by atoms with Gasteiger partial charge >= 0.3 is 11.9 Å². The third kappa shape index (κ3) is 4.61. The van der Waals surface area contributed by atoms with Crippen molar-refractivity contribution < 1.29 is 23.8 Å². The van der Waals surface area contributed by atoms with Crippen LogP contribution in [0.3, 0.4) is 0 Å². The number of hydrogen-bond donors (Lipinski definition) is 1. The van der Waals surface area contributed by atoms with Crippen molar-refractivity contribution in [1.82, 2.24) is 5.32 Å². The molecule has 0 unspecified atom stereocenters. The Morgan fingerprint density at radius 2 is 1.81 bits per heavy atom. The molecular formula is C20H21NO5. The zero-order valence-corrected chi connectivity index (χ0v) is 14.5. The van der Waals surface area contributed by atoms with Gasteiger partial charge in [-0.1, -0.05) is 30.3 Å². The molecule has 0 saturated carbocycles. The monoisotopic (exact) mass is 355 g/mol. The molecule has 0 amide bonds. The minimum absolute atomic E-state index is 0.116. The molecule has 0 radical (unpaired) electrons. The van der Waals surface area contributed by atoms with Crippen molar-refractivity contribution in [3.05, 3.63) is 65.7 Å². The largest absolute Gasteiger partial charge is 0.489 e. The summed E-state index contributed by atoms with van der Waals surface area (Å²) in [5, 5.41) is 3.07. The standard InChI is InChI=1S/C20H21NO5/c1-24-20(23)18-11-17(12-21-18)26-16-9-7-15(8-10-16)19(22)25-13-14-5-3-2-4-6-14/h2-10,17-18,21H,11-13H2,1H3/t17-,18+/m1/s1. The summed E-state index contributed by atoms with van der Waals surface area (Å²) >= 11 is 0. The van der Waals surface area contributed by atoms with Gasteiger partial charge in [-0.15, -0.1) is 0 Å². The van der Waals surface area contributed by atoms with Gasteiger partial charge < -0.3 is 19.5 Å². The highest BCUT2D eigenvalue weighted by atomic mass is 16.5. The number of rotatable bonds is 6. The fraction of sp³-hybridized carbons (Fsp3) is 0.300. The minimum Gasteiger partial charge on any atom is -0.489 e. The van der Waals surface area contributed by atoms with E-state index in [1.807, 2.05) is 30.3 Å². The molecular weight excluding hydrogens is 334 g/mol. The summed E-state index contributed by atoms with van der Waals surface area (Å²) in [6.07, 6.45) is 0.433. The molecule has 0 bridgehead atoms. The van der Waals surface area contributed by atoms with Gasteiger partial charge in [-0.05, 0) is 29.8 Å². The van der Waals surface area contributed by atoms with Gasteiger partial charge in [0, 0.05) is 13.0 Å². The normalized spacial score (nSPS) is 19.0. The van der Waals surface area contributed by atoms with Crippen LogP contribution in [0.15, 0.2) is 54.6 Å². The maximum Gasteiger partial charge on any atom is 0.338 e. The summed E-state index contributed by atoms with van der Waals surface area (Å²) in [7, 11) is 1.37. The number of carbonyl (C=O) groups is 2. The Kier molecular flexibility index (Phi) is 5.86. The van der Waals surface area contributed by atoms with Gasteiger partial charge in [0.05, 0.1) is 12.7 Å². The lowest BCUT2D eigenvalue weighted by Crippen LogP contribution is -2.31. The van der Waals surface area contributed by atoms with E-state index in [4.69, 9.17) is 14.2 Å². The van der Waals surface area contributed by atoms with Crippen molar-refractivity contribution >= 4 is 11.9 Å². The van der Waals surface area contributed by atoms with Crippen LogP contribution in [0.1, 0.15) is 22.3 Å². The van der Waals surface area contributed by atoms with Crippen LogP contribution in [0.4, 0.5) is 0 Å². The lowest BCUT2D eigenvalue weighted by Gasteiger charge is -2.13. The van der Waals surface area contributed by atoms with Gasteiger partial charge in [0.25, 0.3) is 0 Å². The van der Waals surface area contributed by atoms with Crippen LogP contribution < -0.4 is 10.1 Å². The first kappa shape index (κ1) is 17.9. The summed E-state index contributed by atoms with van der Waals surface area (Å²) in [5.74, 6) is -0.0248. The molecule has 1 N–H and O–H groups in total. The Bertz CT molecular complexity index is 745. The first-order valence-electron chi connectivity index (χ1n) is 8.44. The van der Waals surface area contributed by atoms with Crippen molar-refractivity contribution in [2.24, 2.45) is 0 Å². The molecule has 6 heteroatoms. The van der Waals surface area contributed by atoms with Crippen molar-refractivity contribution in [2.45, 2.75) is 25.2 Å². The molecule has 1 saturated heterocycles. The van der Waals surface area contributed by atoms with E-state index in [1.165, 1.54) is 7.11 Å². The maximum atomic E-state index is 12.1. The molecule has 1 heterocycles. The number of methoxy groups -OCH3 is 1. The first-order chi connectivity index (χ1) is 12.7. The molecule has 0 aromatic heterocycles. The first-order valence-corrected chi connectivity index (χ1v) is 8.44. The Labute approximate surface area is 152 Å². The number of benzene rings is 2. The summed E-state index contributed by atoms with van der Waals surface area (Å²) in [6.45, 7) is 0.807. The number of esters is 2. The van der Waals surface area contributed by atoms with Gasteiger partial charge in [-0.3, -0.25) is 4.79 Å². The lowest BCUT2D eigenvalue weighted by molar-refractivity contribution is -0.142. The van der Waals surface area contributed by atoms with Gasteiger partial charge in [0.2, 0.25) is 0 Å². The summed E-state index contributed by atoms with van der Waals surface area (Å²) in [6, 6.07) is 16.0. The van der Waals surface area contributed by atoms with Gasteiger partial charge in [0.1, 0.15) is 24.5 Å². The van der Waals surface area contributed by atoms with Crippen LogP contribution in [0.25, 0.3) is 0 Å². The SMILES string of the molecule is COC(=O)[C@@H]1C[C@@H](Oc2ccc(C(=O)OCc3ccccc3)cc2)CN1. The predicted molar refractivity (Wildman–Crippen MR) is 94.8 cm³/mol. The average Bonchev–Trinajstić information content (AvgIpc) is 3.15. The highest BCUT2D eigenvalue weighted by Gasteiger charge is 2.31. The molecule has 1 aliphatic heterocycles. The van der Waals surface area contributed by atoms with Crippen LogP contribution in [0.2, 0.25) is 0 Å². The van der Waals surface area contributed by atoms with Gasteiger partial charge in [0.15, 0.2) is 0 Å². The second kappa shape index (κ2) is 8.49. The molecule has 0 aliphatic carbocycles. The van der Waals surface area contributed by atoms with E-state index >= 15 is 0 Å². The molecule has 2 atom stereocenters. The van der Waals surface area contributed by atoms with Gasteiger partial charge in [-0.2, -0.15) is 0 Å². The molecule has 2 aromatic carbocycles. The van der Waals surface area contributed by atoms with Crippen LogP contribution >= 0.6 is 0 Å². The third-order valence-corrected chi connectivity index (χ3v) is 4.18. The van der Waals surface area contributed by atoms with E-state index < -0.39 is 0 Å². The Morgan fingerprint density at radius 3 is 2.50 bits per heavy atom. The molecule has 6 nitrogen and oxygen atoms in total. The summed E-state index contributed by atoms with van der Waals surface area (Å²) < 4.78 is 15.9. The molecule has 136 valence electrons. The van der Waals surface area contributed by atoms with E-state index in [0.717, 1.165) is 5.56 Å². The molecule has 26 heavy (non-hydrogen) atoms. The van der Waals surface area contributed by atoms with E-state index in [0.29, 0.717) is 24.3 Å². The van der Waals surface area contributed by atoms with Gasteiger partial charge in [-0.25, -0.2) is 4.79 Å². The fourth-order valence-electron chi connectivity index (χ4n) is 2.78. The number of nitrogens with one attached hydrogen (secondary N) is 1. The van der Waals surface area contributed by atoms with Crippen molar-refractivity contribution in [3.63, 3.8) is 0 Å². The lowest BCUT2D eigenvalue weighted by atomic mass is 10.2. The second-order valence-electron chi connectivity index (χ2n) is 6.05. The van der Waals surface area contributed by atoms with Crippen LogP contribution in [0, 0.1) is 0 Å². The zero-order chi connectivity index (χ0) is 18.4. The van der Waals surface area contributed by atoms with E-state index in [9.17, 15) is 9.59 Å². The predicted octanol–water partition coefficient (Wildman–Crippen LogP) is 2.33. The molecule has 1 aliphatic rings. The molecule has 0 spiro atoms. The van der Waals surface area contributed by atoms with Crippen LogP contribution in [-0.4, -0.2) is 37.7 Å². The molecule has 2 aromatic rings. The number of hydrogen-bond acceptors (Lipinski definition) is 6. The fourth-order valence-corrected chi connectivity index (χ4v) is 2.78. The Morgan fingerprint density at radius 1 is 1.08 bits per heavy atom.